The van der Waals surface area contributed by atoms with Gasteiger partial charge in [0.2, 0.25) is 0 Å². The molecule has 0 aliphatic carbocycles. The number of aryl methyl sites for hydroxylation is 1. The van der Waals surface area contributed by atoms with E-state index in [1.165, 1.54) is 0 Å². The Bertz CT molecular complexity index is 793. The second kappa shape index (κ2) is 5.36. The fourth-order valence-electron chi connectivity index (χ4n) is 2.21. The van der Waals surface area contributed by atoms with Crippen molar-refractivity contribution < 1.29 is 0 Å². The van der Waals surface area contributed by atoms with Gasteiger partial charge in [-0.3, -0.25) is 4.98 Å². The Kier molecular flexibility index (Phi) is 3.39. The van der Waals surface area contributed by atoms with E-state index in [2.05, 4.69) is 26.3 Å². The van der Waals surface area contributed by atoms with E-state index in [4.69, 9.17) is 5.73 Å². The number of hydrogen-bond donors (Lipinski definition) is 2. The minimum absolute atomic E-state index is 0.516. The average Bonchev–Trinajstić information content (AvgIpc) is 2.52. The molecule has 106 valence electrons. The van der Waals surface area contributed by atoms with E-state index >= 15 is 0 Å². The van der Waals surface area contributed by atoms with Gasteiger partial charge in [-0.15, -0.1) is 0 Å². The second-order valence-electron chi connectivity index (χ2n) is 4.88. The number of hydrogen-bond acceptors (Lipinski definition) is 5. The molecule has 0 aliphatic rings. The summed E-state index contributed by atoms with van der Waals surface area (Å²) in [5, 5.41) is 5.54. The van der Waals surface area contributed by atoms with Gasteiger partial charge in [0.05, 0.1) is 0 Å². The average molecular weight is 279 g/mol. The van der Waals surface area contributed by atoms with E-state index in [1.54, 1.807) is 6.20 Å². The summed E-state index contributed by atoms with van der Waals surface area (Å²) in [6, 6.07) is 8.05. The fourth-order valence-corrected chi connectivity index (χ4v) is 2.21. The molecule has 0 unspecified atom stereocenters. The highest BCUT2D eigenvalue weighted by Gasteiger charge is 2.09. The molecular formula is C16H17N5. The topological polar surface area (TPSA) is 76.7 Å². The summed E-state index contributed by atoms with van der Waals surface area (Å²) in [5.41, 5.74) is 7.78. The van der Waals surface area contributed by atoms with Gasteiger partial charge in [-0.2, -0.15) is 0 Å². The summed E-state index contributed by atoms with van der Waals surface area (Å²) in [6.45, 7) is 3.93. The molecule has 0 spiro atoms. The minimum atomic E-state index is 0.516. The summed E-state index contributed by atoms with van der Waals surface area (Å²) < 4.78 is 0. The summed E-state index contributed by atoms with van der Waals surface area (Å²) in [4.78, 5) is 13.0. The number of nitrogens with two attached hydrogens (primary N) is 1. The van der Waals surface area contributed by atoms with Crippen molar-refractivity contribution in [3.8, 4) is 0 Å². The highest BCUT2D eigenvalue weighted by atomic mass is 15.1. The summed E-state index contributed by atoms with van der Waals surface area (Å²) in [7, 11) is 0. The van der Waals surface area contributed by atoms with Gasteiger partial charge in [-0.1, -0.05) is 19.1 Å². The molecule has 2 heterocycles. The van der Waals surface area contributed by atoms with Crippen LogP contribution in [-0.4, -0.2) is 15.0 Å². The third kappa shape index (κ3) is 2.50. The number of rotatable bonds is 3. The first-order chi connectivity index (χ1) is 10.2. The van der Waals surface area contributed by atoms with Crippen molar-refractivity contribution in [3.63, 3.8) is 0 Å². The largest absolute Gasteiger partial charge is 0.383 e. The van der Waals surface area contributed by atoms with Crippen LogP contribution in [0.1, 0.15) is 18.3 Å². The Morgan fingerprint density at radius 1 is 1.19 bits per heavy atom. The van der Waals surface area contributed by atoms with Crippen molar-refractivity contribution in [1.29, 1.82) is 0 Å². The maximum atomic E-state index is 5.96. The number of pyridine rings is 1. The molecular weight excluding hydrogens is 262 g/mol. The molecule has 3 aromatic rings. The molecule has 3 rings (SSSR count). The molecule has 1 aromatic carbocycles. The van der Waals surface area contributed by atoms with Crippen LogP contribution in [0.3, 0.4) is 0 Å². The molecule has 3 N–H and O–H groups in total. The normalized spacial score (nSPS) is 10.8. The van der Waals surface area contributed by atoms with Gasteiger partial charge < -0.3 is 11.1 Å². The predicted molar refractivity (Wildman–Crippen MR) is 85.6 cm³/mol. The van der Waals surface area contributed by atoms with Crippen molar-refractivity contribution in [3.05, 3.63) is 48.0 Å². The Morgan fingerprint density at radius 3 is 2.86 bits per heavy atom. The summed E-state index contributed by atoms with van der Waals surface area (Å²) >= 11 is 0. The van der Waals surface area contributed by atoms with Crippen LogP contribution in [0.15, 0.2) is 36.7 Å². The number of benzene rings is 1. The smallest absolute Gasteiger partial charge is 0.139 e. The van der Waals surface area contributed by atoms with E-state index < -0.39 is 0 Å². The lowest BCUT2D eigenvalue weighted by Gasteiger charge is -2.13. The van der Waals surface area contributed by atoms with Crippen molar-refractivity contribution in [2.45, 2.75) is 20.3 Å². The van der Waals surface area contributed by atoms with Crippen LogP contribution in [0, 0.1) is 6.92 Å². The minimum Gasteiger partial charge on any atom is -0.383 e. The third-order valence-corrected chi connectivity index (χ3v) is 3.48. The number of anilines is 3. The fraction of sp³-hybridized carbons (Fsp3) is 0.188. The first kappa shape index (κ1) is 13.3. The molecule has 0 fully saturated rings. The molecule has 0 saturated heterocycles. The number of nitrogens with one attached hydrogen (secondary N) is 1. The molecule has 0 saturated carbocycles. The molecule has 2 aromatic heterocycles. The molecule has 0 bridgehead atoms. The van der Waals surface area contributed by atoms with Gasteiger partial charge in [0.1, 0.15) is 17.5 Å². The summed E-state index contributed by atoms with van der Waals surface area (Å²) in [6.07, 6.45) is 4.38. The predicted octanol–water partition coefficient (Wildman–Crippen LogP) is 3.22. The second-order valence-corrected chi connectivity index (χ2v) is 4.88. The van der Waals surface area contributed by atoms with Crippen LogP contribution in [-0.2, 0) is 6.42 Å². The lowest BCUT2D eigenvalue weighted by atomic mass is 10.1. The highest BCUT2D eigenvalue weighted by molar-refractivity contribution is 5.94. The van der Waals surface area contributed by atoms with Crippen LogP contribution >= 0.6 is 0 Å². The van der Waals surface area contributed by atoms with Gasteiger partial charge in [-0.05, 0) is 24.4 Å². The van der Waals surface area contributed by atoms with Crippen molar-refractivity contribution in [2.75, 3.05) is 11.1 Å². The van der Waals surface area contributed by atoms with E-state index in [0.717, 1.165) is 40.1 Å². The Morgan fingerprint density at radius 2 is 2.05 bits per heavy atom. The van der Waals surface area contributed by atoms with Gasteiger partial charge in [0, 0.05) is 35.5 Å². The first-order valence-corrected chi connectivity index (χ1v) is 6.91. The van der Waals surface area contributed by atoms with Gasteiger partial charge >= 0.3 is 0 Å². The van der Waals surface area contributed by atoms with Gasteiger partial charge in [0.25, 0.3) is 0 Å². The van der Waals surface area contributed by atoms with E-state index in [9.17, 15) is 0 Å². The zero-order valence-corrected chi connectivity index (χ0v) is 12.1. The van der Waals surface area contributed by atoms with E-state index in [0.29, 0.717) is 5.82 Å². The maximum absolute atomic E-state index is 5.96. The molecule has 0 radical (unpaired) electrons. The third-order valence-electron chi connectivity index (χ3n) is 3.48. The van der Waals surface area contributed by atoms with Crippen LogP contribution < -0.4 is 11.1 Å². The highest BCUT2D eigenvalue weighted by Crippen LogP contribution is 2.27. The molecule has 0 aliphatic heterocycles. The zero-order chi connectivity index (χ0) is 14.8. The van der Waals surface area contributed by atoms with E-state index in [1.807, 2.05) is 38.2 Å². The SMILES string of the molecule is CCc1nc(N)c(C)c(Nc2cccc3ccncc23)n1. The van der Waals surface area contributed by atoms with Crippen LogP contribution in [0.25, 0.3) is 10.8 Å². The van der Waals surface area contributed by atoms with Crippen molar-refractivity contribution >= 4 is 28.1 Å². The molecule has 5 nitrogen and oxygen atoms in total. The molecule has 0 atom stereocenters. The standard InChI is InChI=1S/C16H17N5/c1-3-14-20-15(17)10(2)16(21-14)19-13-6-4-5-11-7-8-18-9-12(11)13/h4-9H,3H2,1-2H3,(H3,17,19,20,21). The lowest BCUT2D eigenvalue weighted by molar-refractivity contribution is 0.940. The first-order valence-electron chi connectivity index (χ1n) is 6.91. The lowest BCUT2D eigenvalue weighted by Crippen LogP contribution is -2.06. The number of aromatic nitrogens is 3. The van der Waals surface area contributed by atoms with Crippen LogP contribution in [0.5, 0.6) is 0 Å². The zero-order valence-electron chi connectivity index (χ0n) is 12.1. The van der Waals surface area contributed by atoms with Crippen molar-refractivity contribution in [1.82, 2.24) is 15.0 Å². The Labute approximate surface area is 123 Å². The Hall–Kier alpha value is -2.69. The van der Waals surface area contributed by atoms with Gasteiger partial charge in [0.15, 0.2) is 0 Å². The molecule has 5 heteroatoms. The van der Waals surface area contributed by atoms with Gasteiger partial charge in [-0.25, -0.2) is 9.97 Å². The van der Waals surface area contributed by atoms with Crippen LogP contribution in [0.2, 0.25) is 0 Å². The monoisotopic (exact) mass is 279 g/mol. The number of fused-ring (bicyclic) bond motifs is 1. The number of nitrogens with zero attached hydrogens (tertiary/aromatic N) is 3. The van der Waals surface area contributed by atoms with E-state index in [-0.39, 0.29) is 0 Å². The Balaban J connectivity index is 2.09. The molecule has 21 heavy (non-hydrogen) atoms. The number of nitrogen functional groups attached to an aromatic ring is 1. The molecule has 0 amide bonds. The maximum Gasteiger partial charge on any atom is 0.139 e. The quantitative estimate of drug-likeness (QED) is 0.769. The summed E-state index contributed by atoms with van der Waals surface area (Å²) in [5.74, 6) is 2.00. The van der Waals surface area contributed by atoms with Crippen LogP contribution in [0.4, 0.5) is 17.3 Å². The van der Waals surface area contributed by atoms with Crippen molar-refractivity contribution in [2.24, 2.45) is 0 Å².